The molecule has 0 saturated heterocycles. The van der Waals surface area contributed by atoms with Crippen molar-refractivity contribution < 1.29 is 19.0 Å². The number of carbonyl (C=O) groups is 1. The second kappa shape index (κ2) is 9.69. The summed E-state index contributed by atoms with van der Waals surface area (Å²) in [6, 6.07) is 7.47. The third kappa shape index (κ3) is 7.87. The largest absolute Gasteiger partial charge is 0.494 e. The van der Waals surface area contributed by atoms with Gasteiger partial charge < -0.3 is 19.9 Å². The number of nitrogens with two attached hydrogens (primary N) is 1. The molecule has 1 aromatic rings. The molecule has 0 bridgehead atoms. The second-order valence-corrected chi connectivity index (χ2v) is 4.58. The average Bonchev–Trinajstić information content (AvgIpc) is 2.45. The topological polar surface area (TPSA) is 70.8 Å². The molecule has 0 aromatic heterocycles. The highest BCUT2D eigenvalue weighted by molar-refractivity contribution is 5.82. The van der Waals surface area contributed by atoms with E-state index in [0.29, 0.717) is 31.9 Å². The summed E-state index contributed by atoms with van der Waals surface area (Å²) in [5, 5.41) is 0. The van der Waals surface area contributed by atoms with Crippen LogP contribution in [0.15, 0.2) is 36.0 Å². The van der Waals surface area contributed by atoms with E-state index in [1.807, 2.05) is 24.3 Å². The van der Waals surface area contributed by atoms with Gasteiger partial charge in [0.2, 0.25) is 0 Å². The summed E-state index contributed by atoms with van der Waals surface area (Å²) in [4.78, 5) is 11.2. The summed E-state index contributed by atoms with van der Waals surface area (Å²) in [6.07, 6.45) is 2.86. The fourth-order valence-corrected chi connectivity index (χ4v) is 1.50. The van der Waals surface area contributed by atoms with Crippen molar-refractivity contribution in [1.82, 2.24) is 0 Å². The van der Waals surface area contributed by atoms with Crippen molar-refractivity contribution in [2.24, 2.45) is 5.73 Å². The maximum Gasteiger partial charge on any atom is 0.332 e. The molecular weight excluding hydrogens is 270 g/mol. The number of benzene rings is 1. The highest BCUT2D eigenvalue weighted by Gasteiger charge is 1.99. The normalized spacial score (nSPS) is 11.0. The average molecular weight is 293 g/mol. The summed E-state index contributed by atoms with van der Waals surface area (Å²) in [5.74, 6) is 1.18. The molecule has 0 amide bonds. The SMILES string of the molecule is CCCOc1ccc(OCCCOC(=O)/C=C(/C)N)cc1. The highest BCUT2D eigenvalue weighted by atomic mass is 16.5. The van der Waals surface area contributed by atoms with Gasteiger partial charge in [0.05, 0.1) is 19.8 Å². The molecule has 1 rings (SSSR count). The van der Waals surface area contributed by atoms with Gasteiger partial charge >= 0.3 is 5.97 Å². The first kappa shape index (κ1) is 16.9. The molecule has 116 valence electrons. The molecule has 0 saturated carbocycles. The molecule has 0 heterocycles. The summed E-state index contributed by atoms with van der Waals surface area (Å²) in [5.41, 5.74) is 5.80. The summed E-state index contributed by atoms with van der Waals surface area (Å²) < 4.78 is 16.0. The number of rotatable bonds is 9. The van der Waals surface area contributed by atoms with E-state index in [9.17, 15) is 4.79 Å². The Hall–Kier alpha value is -2.17. The highest BCUT2D eigenvalue weighted by Crippen LogP contribution is 2.17. The lowest BCUT2D eigenvalue weighted by molar-refractivity contribution is -0.138. The van der Waals surface area contributed by atoms with Crippen molar-refractivity contribution >= 4 is 5.97 Å². The minimum atomic E-state index is -0.424. The van der Waals surface area contributed by atoms with Crippen LogP contribution in [-0.4, -0.2) is 25.8 Å². The Labute approximate surface area is 125 Å². The van der Waals surface area contributed by atoms with Gasteiger partial charge in [0.1, 0.15) is 11.5 Å². The first-order valence-corrected chi connectivity index (χ1v) is 7.08. The van der Waals surface area contributed by atoms with Gasteiger partial charge in [-0.15, -0.1) is 0 Å². The van der Waals surface area contributed by atoms with Crippen LogP contribution < -0.4 is 15.2 Å². The molecule has 0 spiro atoms. The van der Waals surface area contributed by atoms with Gasteiger partial charge in [-0.25, -0.2) is 4.79 Å². The lowest BCUT2D eigenvalue weighted by atomic mass is 10.3. The number of allylic oxidation sites excluding steroid dienone is 1. The quantitative estimate of drug-likeness (QED) is 0.430. The van der Waals surface area contributed by atoms with Gasteiger partial charge in [0, 0.05) is 18.2 Å². The zero-order valence-electron chi connectivity index (χ0n) is 12.6. The molecule has 0 atom stereocenters. The molecule has 0 aliphatic rings. The van der Waals surface area contributed by atoms with Gasteiger partial charge in [-0.2, -0.15) is 0 Å². The first-order chi connectivity index (χ1) is 10.1. The molecule has 1 aromatic carbocycles. The van der Waals surface area contributed by atoms with Crippen LogP contribution in [0.25, 0.3) is 0 Å². The van der Waals surface area contributed by atoms with E-state index in [1.165, 1.54) is 6.08 Å². The second-order valence-electron chi connectivity index (χ2n) is 4.58. The molecule has 0 aliphatic heterocycles. The lowest BCUT2D eigenvalue weighted by Gasteiger charge is -2.08. The Morgan fingerprint density at radius 2 is 1.67 bits per heavy atom. The van der Waals surface area contributed by atoms with Crippen molar-refractivity contribution in [1.29, 1.82) is 0 Å². The Morgan fingerprint density at radius 1 is 1.10 bits per heavy atom. The summed E-state index contributed by atoms with van der Waals surface area (Å²) in [6.45, 7) is 5.20. The van der Waals surface area contributed by atoms with Crippen LogP contribution in [-0.2, 0) is 9.53 Å². The van der Waals surface area contributed by atoms with Gasteiger partial charge in [0.15, 0.2) is 0 Å². The maximum atomic E-state index is 11.2. The lowest BCUT2D eigenvalue weighted by Crippen LogP contribution is -2.08. The molecular formula is C16H23NO4. The van der Waals surface area contributed by atoms with E-state index in [4.69, 9.17) is 19.9 Å². The molecule has 0 radical (unpaired) electrons. The Morgan fingerprint density at radius 3 is 2.19 bits per heavy atom. The molecule has 0 aliphatic carbocycles. The maximum absolute atomic E-state index is 11.2. The summed E-state index contributed by atoms with van der Waals surface area (Å²) in [7, 11) is 0. The van der Waals surface area contributed by atoms with E-state index in [0.717, 1.165) is 17.9 Å². The third-order valence-corrected chi connectivity index (χ3v) is 2.44. The zero-order chi connectivity index (χ0) is 15.5. The molecule has 5 heteroatoms. The van der Waals surface area contributed by atoms with Crippen LogP contribution in [0.5, 0.6) is 11.5 Å². The van der Waals surface area contributed by atoms with E-state index < -0.39 is 5.97 Å². The van der Waals surface area contributed by atoms with E-state index in [-0.39, 0.29) is 0 Å². The number of ether oxygens (including phenoxy) is 3. The third-order valence-electron chi connectivity index (χ3n) is 2.44. The van der Waals surface area contributed by atoms with Gasteiger partial charge in [-0.05, 0) is 37.6 Å². The van der Waals surface area contributed by atoms with E-state index in [2.05, 4.69) is 6.92 Å². The number of esters is 1. The van der Waals surface area contributed by atoms with Crippen molar-refractivity contribution in [2.45, 2.75) is 26.7 Å². The summed E-state index contributed by atoms with van der Waals surface area (Å²) >= 11 is 0. The molecule has 2 N–H and O–H groups in total. The Kier molecular flexibility index (Phi) is 7.79. The zero-order valence-corrected chi connectivity index (χ0v) is 12.6. The van der Waals surface area contributed by atoms with Gasteiger partial charge in [-0.1, -0.05) is 6.92 Å². The van der Waals surface area contributed by atoms with Crippen LogP contribution in [0.2, 0.25) is 0 Å². The van der Waals surface area contributed by atoms with E-state index >= 15 is 0 Å². The van der Waals surface area contributed by atoms with Crippen molar-refractivity contribution in [3.8, 4) is 11.5 Å². The van der Waals surface area contributed by atoms with Crippen molar-refractivity contribution in [2.75, 3.05) is 19.8 Å². The predicted octanol–water partition coefficient (Wildman–Crippen LogP) is 2.65. The van der Waals surface area contributed by atoms with Crippen LogP contribution in [0.1, 0.15) is 26.7 Å². The fraction of sp³-hybridized carbons (Fsp3) is 0.438. The smallest absolute Gasteiger partial charge is 0.332 e. The van der Waals surface area contributed by atoms with Crippen LogP contribution in [0.3, 0.4) is 0 Å². The number of hydrogen-bond acceptors (Lipinski definition) is 5. The van der Waals surface area contributed by atoms with Crippen LogP contribution in [0.4, 0.5) is 0 Å². The molecule has 0 unspecified atom stereocenters. The first-order valence-electron chi connectivity index (χ1n) is 7.08. The monoisotopic (exact) mass is 293 g/mol. The minimum absolute atomic E-state index is 0.306. The Balaban J connectivity index is 2.18. The van der Waals surface area contributed by atoms with Gasteiger partial charge in [-0.3, -0.25) is 0 Å². The standard InChI is InChI=1S/C16H23NO4/c1-3-9-19-14-5-7-15(8-6-14)20-10-4-11-21-16(18)12-13(2)17/h5-8,12H,3-4,9-11,17H2,1-2H3/b13-12-. The Bertz CT molecular complexity index is 450. The molecule has 5 nitrogen and oxygen atoms in total. The molecule has 0 fully saturated rings. The number of hydrogen-bond donors (Lipinski definition) is 1. The van der Waals surface area contributed by atoms with E-state index in [1.54, 1.807) is 6.92 Å². The van der Waals surface area contributed by atoms with Gasteiger partial charge in [0.25, 0.3) is 0 Å². The minimum Gasteiger partial charge on any atom is -0.494 e. The van der Waals surface area contributed by atoms with Crippen LogP contribution in [0, 0.1) is 0 Å². The number of carbonyl (C=O) groups excluding carboxylic acids is 1. The van der Waals surface area contributed by atoms with Crippen LogP contribution >= 0.6 is 0 Å². The predicted molar refractivity (Wildman–Crippen MR) is 81.2 cm³/mol. The molecule has 21 heavy (non-hydrogen) atoms. The van der Waals surface area contributed by atoms with Crippen molar-refractivity contribution in [3.05, 3.63) is 36.0 Å². The van der Waals surface area contributed by atoms with Crippen molar-refractivity contribution in [3.63, 3.8) is 0 Å². The fourth-order valence-electron chi connectivity index (χ4n) is 1.50.